The van der Waals surface area contributed by atoms with Crippen LogP contribution < -0.4 is 16.0 Å². The van der Waals surface area contributed by atoms with Gasteiger partial charge in [-0.25, -0.2) is 4.79 Å². The minimum absolute atomic E-state index is 0.0896. The number of carbonyl (C=O) groups excluding carboxylic acids is 1. The molecular formula is C9H19N3O. The Hall–Kier alpha value is -0.770. The van der Waals surface area contributed by atoms with Gasteiger partial charge in [-0.3, -0.25) is 0 Å². The number of rotatable bonds is 1. The molecular weight excluding hydrogens is 166 g/mol. The Morgan fingerprint density at radius 3 is 2.62 bits per heavy atom. The first-order valence-electron chi connectivity index (χ1n) is 4.87. The molecule has 0 aromatic rings. The van der Waals surface area contributed by atoms with Gasteiger partial charge in [-0.15, -0.1) is 0 Å². The molecule has 1 fully saturated rings. The van der Waals surface area contributed by atoms with E-state index in [1.165, 1.54) is 0 Å². The van der Waals surface area contributed by atoms with Crippen molar-refractivity contribution in [1.29, 1.82) is 0 Å². The van der Waals surface area contributed by atoms with Gasteiger partial charge < -0.3 is 16.0 Å². The molecule has 0 radical (unpaired) electrons. The Labute approximate surface area is 79.5 Å². The summed E-state index contributed by atoms with van der Waals surface area (Å²) in [5.74, 6) is 0. The summed E-state index contributed by atoms with van der Waals surface area (Å²) in [7, 11) is 1.64. The van der Waals surface area contributed by atoms with Crippen molar-refractivity contribution in [2.45, 2.75) is 44.8 Å². The predicted molar refractivity (Wildman–Crippen MR) is 52.7 cm³/mol. The molecule has 76 valence electrons. The molecule has 1 heterocycles. The number of nitrogens with one attached hydrogen (secondary N) is 3. The molecule has 13 heavy (non-hydrogen) atoms. The van der Waals surface area contributed by atoms with E-state index < -0.39 is 0 Å². The number of hydrogen-bond acceptors (Lipinski definition) is 2. The number of carbonyl (C=O) groups is 1. The molecule has 0 aromatic carbocycles. The lowest BCUT2D eigenvalue weighted by molar-refractivity contribution is 0.224. The molecule has 0 bridgehead atoms. The molecule has 0 aromatic heterocycles. The molecule has 1 aliphatic rings. The van der Waals surface area contributed by atoms with Gasteiger partial charge in [-0.05, 0) is 26.7 Å². The van der Waals surface area contributed by atoms with Gasteiger partial charge in [-0.1, -0.05) is 0 Å². The van der Waals surface area contributed by atoms with Gasteiger partial charge in [0.1, 0.15) is 0 Å². The monoisotopic (exact) mass is 185 g/mol. The van der Waals surface area contributed by atoms with Gasteiger partial charge in [0, 0.05) is 25.2 Å². The maximum atomic E-state index is 11.1. The van der Waals surface area contributed by atoms with Gasteiger partial charge >= 0.3 is 6.03 Å². The molecule has 3 atom stereocenters. The van der Waals surface area contributed by atoms with Crippen LogP contribution in [0.4, 0.5) is 4.79 Å². The summed E-state index contributed by atoms with van der Waals surface area (Å²) < 4.78 is 0. The zero-order chi connectivity index (χ0) is 9.84. The Bertz CT molecular complexity index is 184. The topological polar surface area (TPSA) is 53.2 Å². The van der Waals surface area contributed by atoms with Crippen LogP contribution >= 0.6 is 0 Å². The lowest BCUT2D eigenvalue weighted by Gasteiger charge is -2.34. The van der Waals surface area contributed by atoms with E-state index in [1.807, 2.05) is 0 Å². The van der Waals surface area contributed by atoms with Gasteiger partial charge in [-0.2, -0.15) is 0 Å². The summed E-state index contributed by atoms with van der Waals surface area (Å²) >= 11 is 0. The molecule has 0 saturated carbocycles. The molecule has 2 amide bonds. The zero-order valence-corrected chi connectivity index (χ0v) is 8.55. The van der Waals surface area contributed by atoms with E-state index >= 15 is 0 Å². The van der Waals surface area contributed by atoms with Crippen LogP contribution in [0.25, 0.3) is 0 Å². The average Bonchev–Trinajstić information content (AvgIpc) is 2.09. The highest BCUT2D eigenvalue weighted by molar-refractivity contribution is 5.73. The quantitative estimate of drug-likeness (QED) is 0.555. The molecule has 1 aliphatic heterocycles. The van der Waals surface area contributed by atoms with Gasteiger partial charge in [0.25, 0.3) is 0 Å². The molecule has 4 nitrogen and oxygen atoms in total. The summed E-state index contributed by atoms with van der Waals surface area (Å²) in [5, 5.41) is 8.91. The van der Waals surface area contributed by atoms with Crippen LogP contribution in [0.2, 0.25) is 0 Å². The fourth-order valence-electron chi connectivity index (χ4n) is 1.77. The summed E-state index contributed by atoms with van der Waals surface area (Å²) in [6, 6.07) is 1.10. The van der Waals surface area contributed by atoms with Gasteiger partial charge in [0.2, 0.25) is 0 Å². The number of hydrogen-bond donors (Lipinski definition) is 3. The van der Waals surface area contributed by atoms with E-state index in [0.717, 1.165) is 12.8 Å². The first-order chi connectivity index (χ1) is 6.13. The average molecular weight is 185 g/mol. The van der Waals surface area contributed by atoms with Crippen molar-refractivity contribution in [1.82, 2.24) is 16.0 Å². The molecule has 3 unspecified atom stereocenters. The van der Waals surface area contributed by atoms with Crippen molar-refractivity contribution in [2.75, 3.05) is 7.05 Å². The van der Waals surface area contributed by atoms with E-state index in [-0.39, 0.29) is 12.1 Å². The zero-order valence-electron chi connectivity index (χ0n) is 8.55. The van der Waals surface area contributed by atoms with Crippen LogP contribution in [0.1, 0.15) is 26.7 Å². The first kappa shape index (κ1) is 10.3. The third-order valence-corrected chi connectivity index (χ3v) is 2.61. The van der Waals surface area contributed by atoms with Crippen molar-refractivity contribution >= 4 is 6.03 Å². The minimum atomic E-state index is -0.0896. The second-order valence-electron chi connectivity index (χ2n) is 3.76. The molecule has 0 spiro atoms. The Morgan fingerprint density at radius 2 is 2.08 bits per heavy atom. The van der Waals surface area contributed by atoms with E-state index in [4.69, 9.17) is 0 Å². The summed E-state index contributed by atoms with van der Waals surface area (Å²) in [6.07, 6.45) is 2.18. The molecule has 1 saturated heterocycles. The lowest BCUT2D eigenvalue weighted by Crippen LogP contribution is -2.56. The summed E-state index contributed by atoms with van der Waals surface area (Å²) in [5.41, 5.74) is 0. The molecule has 0 aliphatic carbocycles. The highest BCUT2D eigenvalue weighted by atomic mass is 16.2. The van der Waals surface area contributed by atoms with Gasteiger partial charge in [0.05, 0.1) is 0 Å². The number of piperidine rings is 1. The second-order valence-corrected chi connectivity index (χ2v) is 3.76. The molecule has 3 N–H and O–H groups in total. The minimum Gasteiger partial charge on any atom is -0.341 e. The number of urea groups is 1. The number of amides is 2. The van der Waals surface area contributed by atoms with E-state index in [2.05, 4.69) is 29.8 Å². The normalized spacial score (nSPS) is 33.9. The van der Waals surface area contributed by atoms with Crippen molar-refractivity contribution in [3.05, 3.63) is 0 Å². The third-order valence-electron chi connectivity index (χ3n) is 2.61. The second kappa shape index (κ2) is 4.46. The van der Waals surface area contributed by atoms with Crippen LogP contribution in [0.3, 0.4) is 0 Å². The molecule has 1 rings (SSSR count). The van der Waals surface area contributed by atoms with E-state index in [1.54, 1.807) is 7.05 Å². The van der Waals surface area contributed by atoms with E-state index in [0.29, 0.717) is 12.1 Å². The maximum absolute atomic E-state index is 11.1. The summed E-state index contributed by atoms with van der Waals surface area (Å²) in [6.45, 7) is 4.28. The Morgan fingerprint density at radius 1 is 1.38 bits per heavy atom. The van der Waals surface area contributed by atoms with Crippen molar-refractivity contribution in [3.63, 3.8) is 0 Å². The molecule has 4 heteroatoms. The maximum Gasteiger partial charge on any atom is 0.314 e. The SMILES string of the molecule is CNC(=O)NC1CCC(C)NC1C. The van der Waals surface area contributed by atoms with Crippen molar-refractivity contribution in [3.8, 4) is 0 Å². The Balaban J connectivity index is 2.38. The highest BCUT2D eigenvalue weighted by Gasteiger charge is 2.25. The van der Waals surface area contributed by atoms with Crippen LogP contribution in [0.15, 0.2) is 0 Å². The van der Waals surface area contributed by atoms with Crippen molar-refractivity contribution < 1.29 is 4.79 Å². The highest BCUT2D eigenvalue weighted by Crippen LogP contribution is 2.12. The van der Waals surface area contributed by atoms with Gasteiger partial charge in [0.15, 0.2) is 0 Å². The standard InChI is InChI=1S/C9H19N3O/c1-6-4-5-8(7(2)11-6)12-9(13)10-3/h6-8,11H,4-5H2,1-3H3,(H2,10,12,13). The van der Waals surface area contributed by atoms with Crippen LogP contribution in [0, 0.1) is 0 Å². The summed E-state index contributed by atoms with van der Waals surface area (Å²) in [4.78, 5) is 11.1. The van der Waals surface area contributed by atoms with Crippen LogP contribution in [-0.2, 0) is 0 Å². The predicted octanol–water partition coefficient (Wildman–Crippen LogP) is 0.444. The smallest absolute Gasteiger partial charge is 0.314 e. The van der Waals surface area contributed by atoms with E-state index in [9.17, 15) is 4.79 Å². The fourth-order valence-corrected chi connectivity index (χ4v) is 1.77. The Kier molecular flexibility index (Phi) is 3.54. The fraction of sp³-hybridized carbons (Fsp3) is 0.889. The van der Waals surface area contributed by atoms with Crippen LogP contribution in [0.5, 0.6) is 0 Å². The first-order valence-corrected chi connectivity index (χ1v) is 4.87. The third kappa shape index (κ3) is 2.88. The van der Waals surface area contributed by atoms with Crippen molar-refractivity contribution in [2.24, 2.45) is 0 Å². The largest absolute Gasteiger partial charge is 0.341 e. The lowest BCUT2D eigenvalue weighted by atomic mass is 9.95. The van der Waals surface area contributed by atoms with Crippen LogP contribution in [-0.4, -0.2) is 31.2 Å².